The molecule has 0 aliphatic carbocycles. The first kappa shape index (κ1) is 14.1. The van der Waals surface area contributed by atoms with Crippen LogP contribution in [0.3, 0.4) is 0 Å². The van der Waals surface area contributed by atoms with Gasteiger partial charge in [-0.05, 0) is 18.2 Å². The molecule has 0 radical (unpaired) electrons. The highest BCUT2D eigenvalue weighted by Crippen LogP contribution is 2.11. The lowest BCUT2D eigenvalue weighted by atomic mass is 10.1. The molecule has 0 atom stereocenters. The van der Waals surface area contributed by atoms with Crippen LogP contribution in [-0.2, 0) is 6.54 Å². The fourth-order valence-electron chi connectivity index (χ4n) is 1.63. The van der Waals surface area contributed by atoms with Crippen LogP contribution in [-0.4, -0.2) is 14.5 Å². The van der Waals surface area contributed by atoms with Gasteiger partial charge in [0.2, 0.25) is 5.82 Å². The SMILES string of the molecule is NC(=S)c1ccc(F)c(Cn2cc(F)c(=O)[nH]c2=O)c1. The first-order valence-corrected chi connectivity index (χ1v) is 5.87. The zero-order valence-electron chi connectivity index (χ0n) is 10.0. The molecule has 0 spiro atoms. The van der Waals surface area contributed by atoms with Crippen molar-refractivity contribution in [2.75, 3.05) is 0 Å². The maximum Gasteiger partial charge on any atom is 0.328 e. The summed E-state index contributed by atoms with van der Waals surface area (Å²) >= 11 is 4.77. The molecule has 1 heterocycles. The van der Waals surface area contributed by atoms with Crippen LogP contribution in [0.25, 0.3) is 0 Å². The van der Waals surface area contributed by atoms with E-state index in [0.717, 1.165) is 10.6 Å². The Hall–Kier alpha value is -2.35. The fourth-order valence-corrected chi connectivity index (χ4v) is 1.76. The highest BCUT2D eigenvalue weighted by atomic mass is 32.1. The second kappa shape index (κ2) is 5.33. The molecule has 20 heavy (non-hydrogen) atoms. The molecule has 0 saturated heterocycles. The lowest BCUT2D eigenvalue weighted by molar-refractivity contribution is 0.553. The Balaban J connectivity index is 2.47. The molecule has 0 unspecified atom stereocenters. The summed E-state index contributed by atoms with van der Waals surface area (Å²) in [5, 5.41) is 0. The van der Waals surface area contributed by atoms with Crippen molar-refractivity contribution in [3.63, 3.8) is 0 Å². The predicted octanol–water partition coefficient (Wildman–Crippen LogP) is 0.497. The molecular weight excluding hydrogens is 288 g/mol. The molecule has 0 saturated carbocycles. The number of H-pyrrole nitrogens is 1. The lowest BCUT2D eigenvalue weighted by Gasteiger charge is -2.08. The summed E-state index contributed by atoms with van der Waals surface area (Å²) in [6.07, 6.45) is 0.716. The van der Waals surface area contributed by atoms with E-state index in [1.54, 1.807) is 4.98 Å². The quantitative estimate of drug-likeness (QED) is 0.808. The first-order chi connectivity index (χ1) is 9.38. The Kier molecular flexibility index (Phi) is 3.75. The van der Waals surface area contributed by atoms with E-state index in [0.29, 0.717) is 11.8 Å². The van der Waals surface area contributed by atoms with Gasteiger partial charge in [0.1, 0.15) is 10.8 Å². The summed E-state index contributed by atoms with van der Waals surface area (Å²) in [5.41, 5.74) is 4.00. The molecule has 0 aliphatic heterocycles. The van der Waals surface area contributed by atoms with Gasteiger partial charge < -0.3 is 5.73 Å². The zero-order chi connectivity index (χ0) is 14.9. The molecule has 0 fully saturated rings. The Bertz CT molecular complexity index is 798. The third-order valence-electron chi connectivity index (χ3n) is 2.64. The largest absolute Gasteiger partial charge is 0.389 e. The third kappa shape index (κ3) is 2.80. The lowest BCUT2D eigenvalue weighted by Crippen LogP contribution is -2.31. The first-order valence-electron chi connectivity index (χ1n) is 5.46. The normalized spacial score (nSPS) is 10.5. The molecule has 5 nitrogen and oxygen atoms in total. The van der Waals surface area contributed by atoms with Gasteiger partial charge in [-0.1, -0.05) is 12.2 Å². The van der Waals surface area contributed by atoms with Gasteiger partial charge >= 0.3 is 5.69 Å². The number of aromatic nitrogens is 2. The van der Waals surface area contributed by atoms with Crippen molar-refractivity contribution in [3.8, 4) is 0 Å². The van der Waals surface area contributed by atoms with E-state index < -0.39 is 22.9 Å². The standard InChI is InChI=1S/C12H9F2N3O2S/c13-8-2-1-6(10(15)20)3-7(8)4-17-5-9(14)11(18)16-12(17)19/h1-3,5H,4H2,(H2,15,20)(H,16,18,19). The molecule has 0 bridgehead atoms. The van der Waals surface area contributed by atoms with E-state index in [1.807, 2.05) is 0 Å². The minimum atomic E-state index is -1.13. The minimum absolute atomic E-state index is 0.0752. The number of thiocarbonyl (C=S) groups is 1. The van der Waals surface area contributed by atoms with Gasteiger partial charge in [-0.3, -0.25) is 14.3 Å². The summed E-state index contributed by atoms with van der Waals surface area (Å²) in [4.78, 5) is 24.3. The molecule has 1 aromatic carbocycles. The molecule has 2 rings (SSSR count). The maximum absolute atomic E-state index is 13.7. The molecule has 0 aliphatic rings. The third-order valence-corrected chi connectivity index (χ3v) is 2.87. The van der Waals surface area contributed by atoms with Gasteiger partial charge in [0.25, 0.3) is 5.56 Å². The zero-order valence-corrected chi connectivity index (χ0v) is 10.8. The van der Waals surface area contributed by atoms with E-state index in [9.17, 15) is 18.4 Å². The summed E-state index contributed by atoms with van der Waals surface area (Å²) in [6, 6.07) is 3.92. The van der Waals surface area contributed by atoms with Crippen LogP contribution in [0.5, 0.6) is 0 Å². The Morgan fingerprint density at radius 1 is 1.30 bits per heavy atom. The fraction of sp³-hybridized carbons (Fsp3) is 0.0833. The van der Waals surface area contributed by atoms with Crippen molar-refractivity contribution in [1.82, 2.24) is 9.55 Å². The summed E-state index contributed by atoms with van der Waals surface area (Å²) in [6.45, 7) is -0.255. The van der Waals surface area contributed by atoms with Crippen LogP contribution in [0.4, 0.5) is 8.78 Å². The average Bonchev–Trinajstić information content (AvgIpc) is 2.38. The number of benzene rings is 1. The Morgan fingerprint density at radius 2 is 2.00 bits per heavy atom. The van der Waals surface area contributed by atoms with Crippen LogP contribution in [0, 0.1) is 11.6 Å². The Labute approximate surface area is 116 Å². The van der Waals surface area contributed by atoms with Gasteiger partial charge in [0, 0.05) is 11.1 Å². The molecule has 104 valence electrons. The molecule has 2 aromatic rings. The second-order valence-electron chi connectivity index (χ2n) is 4.03. The van der Waals surface area contributed by atoms with E-state index >= 15 is 0 Å². The molecular formula is C12H9F2N3O2S. The number of hydrogen-bond acceptors (Lipinski definition) is 3. The predicted molar refractivity (Wildman–Crippen MR) is 72.7 cm³/mol. The van der Waals surface area contributed by atoms with E-state index in [2.05, 4.69) is 0 Å². The van der Waals surface area contributed by atoms with Crippen molar-refractivity contribution >= 4 is 17.2 Å². The van der Waals surface area contributed by atoms with Crippen molar-refractivity contribution in [1.29, 1.82) is 0 Å². The highest BCUT2D eigenvalue weighted by molar-refractivity contribution is 7.80. The number of nitrogens with two attached hydrogens (primary N) is 1. The Morgan fingerprint density at radius 3 is 2.65 bits per heavy atom. The summed E-state index contributed by atoms with van der Waals surface area (Å²) in [7, 11) is 0. The van der Waals surface area contributed by atoms with Crippen LogP contribution in [0.15, 0.2) is 34.0 Å². The topological polar surface area (TPSA) is 80.9 Å². The number of nitrogens with one attached hydrogen (secondary N) is 1. The second-order valence-corrected chi connectivity index (χ2v) is 4.47. The number of halogens is 2. The van der Waals surface area contributed by atoms with Crippen molar-refractivity contribution in [3.05, 3.63) is 68.0 Å². The number of aromatic amines is 1. The van der Waals surface area contributed by atoms with Gasteiger partial charge in [-0.2, -0.15) is 4.39 Å². The van der Waals surface area contributed by atoms with Crippen LogP contribution in [0.2, 0.25) is 0 Å². The highest BCUT2D eigenvalue weighted by Gasteiger charge is 2.09. The van der Waals surface area contributed by atoms with Gasteiger partial charge in [-0.25, -0.2) is 9.18 Å². The van der Waals surface area contributed by atoms with Crippen LogP contribution >= 0.6 is 12.2 Å². The summed E-state index contributed by atoms with van der Waals surface area (Å²) < 4.78 is 27.6. The van der Waals surface area contributed by atoms with Gasteiger partial charge in [0.05, 0.1) is 12.7 Å². The molecule has 8 heteroatoms. The van der Waals surface area contributed by atoms with E-state index in [-0.39, 0.29) is 17.1 Å². The van der Waals surface area contributed by atoms with Gasteiger partial charge in [0.15, 0.2) is 0 Å². The smallest absolute Gasteiger partial charge is 0.328 e. The number of rotatable bonds is 3. The molecule has 3 N–H and O–H groups in total. The minimum Gasteiger partial charge on any atom is -0.389 e. The van der Waals surface area contributed by atoms with E-state index in [1.165, 1.54) is 12.1 Å². The average molecular weight is 297 g/mol. The van der Waals surface area contributed by atoms with Crippen molar-refractivity contribution < 1.29 is 8.78 Å². The van der Waals surface area contributed by atoms with Crippen molar-refractivity contribution in [2.24, 2.45) is 5.73 Å². The molecule has 0 amide bonds. The summed E-state index contributed by atoms with van der Waals surface area (Å²) in [5.74, 6) is -1.72. The monoisotopic (exact) mass is 297 g/mol. The number of nitrogens with zero attached hydrogens (tertiary/aromatic N) is 1. The number of hydrogen-bond donors (Lipinski definition) is 2. The van der Waals surface area contributed by atoms with Gasteiger partial charge in [-0.15, -0.1) is 0 Å². The van der Waals surface area contributed by atoms with Crippen LogP contribution in [0.1, 0.15) is 11.1 Å². The van der Waals surface area contributed by atoms with Crippen molar-refractivity contribution in [2.45, 2.75) is 6.54 Å². The van der Waals surface area contributed by atoms with E-state index in [4.69, 9.17) is 18.0 Å². The maximum atomic E-state index is 13.7. The van der Waals surface area contributed by atoms with Crippen LogP contribution < -0.4 is 17.0 Å². The molecule has 1 aromatic heterocycles.